The van der Waals surface area contributed by atoms with Crippen molar-refractivity contribution in [1.82, 2.24) is 39.1 Å². The highest BCUT2D eigenvalue weighted by Crippen LogP contribution is 2.37. The molecular weight excluding hydrogens is 993 g/mol. The molecule has 0 bridgehead atoms. The van der Waals surface area contributed by atoms with E-state index in [0.29, 0.717) is 34.9 Å². The summed E-state index contributed by atoms with van der Waals surface area (Å²) < 4.78 is 2.56. The van der Waals surface area contributed by atoms with E-state index in [-0.39, 0.29) is 0 Å². The second-order valence-corrected chi connectivity index (χ2v) is 24.1. The quantitative estimate of drug-likeness (QED) is 0.140. The summed E-state index contributed by atoms with van der Waals surface area (Å²) >= 11 is 0. The van der Waals surface area contributed by atoms with Crippen molar-refractivity contribution in [3.63, 3.8) is 0 Å². The van der Waals surface area contributed by atoms with Gasteiger partial charge in [-0.25, -0.2) is 34.9 Å². The number of hydrogen-bond donors (Lipinski definition) is 0. The van der Waals surface area contributed by atoms with Crippen molar-refractivity contribution in [2.45, 2.75) is 0 Å². The predicted octanol–water partition coefficient (Wildman–Crippen LogP) is 14.5. The summed E-state index contributed by atoms with van der Waals surface area (Å²) in [7, 11) is -3.39. The van der Waals surface area contributed by atoms with Crippen LogP contribution in [0.2, 0.25) is 0 Å². The zero-order valence-corrected chi connectivity index (χ0v) is 44.0. The molecule has 8 nitrogen and oxygen atoms in total. The van der Waals surface area contributed by atoms with Crippen LogP contribution in [0.25, 0.3) is 134 Å². The molecule has 372 valence electrons. The molecule has 4 heterocycles. The van der Waals surface area contributed by atoms with Gasteiger partial charge in [-0.3, -0.25) is 0 Å². The number of para-hydroxylation sites is 2. The average Bonchev–Trinajstić information content (AvgIpc) is 4.16. The van der Waals surface area contributed by atoms with Crippen LogP contribution in [0.4, 0.5) is 0 Å². The van der Waals surface area contributed by atoms with E-state index in [2.05, 4.69) is 271 Å². The van der Waals surface area contributed by atoms with E-state index in [9.17, 15) is 0 Å². The fourth-order valence-corrected chi connectivity index (χ4v) is 17.1. The van der Waals surface area contributed by atoms with E-state index in [1.807, 2.05) is 0 Å². The first-order chi connectivity index (χ1) is 39.6. The minimum atomic E-state index is -3.39. The van der Waals surface area contributed by atoms with Gasteiger partial charge in [0.05, 0.1) is 11.0 Å². The predicted molar refractivity (Wildman–Crippen MR) is 328 cm³/mol. The highest BCUT2D eigenvalue weighted by Gasteiger charge is 2.51. The Morgan fingerprint density at radius 1 is 0.250 bits per heavy atom. The largest absolute Gasteiger partial charge is 0.339 e. The molecule has 0 saturated carbocycles. The van der Waals surface area contributed by atoms with Gasteiger partial charge in [0.15, 0.2) is 34.9 Å². The van der Waals surface area contributed by atoms with Crippen LogP contribution in [-0.4, -0.2) is 47.4 Å². The first-order valence-electron chi connectivity index (χ1n) is 26.9. The van der Waals surface area contributed by atoms with Crippen LogP contribution in [0.3, 0.4) is 0 Å². The third-order valence-electron chi connectivity index (χ3n) is 15.8. The summed E-state index contributed by atoms with van der Waals surface area (Å²) in [6.45, 7) is 0. The molecule has 12 aromatic carbocycles. The van der Waals surface area contributed by atoms with Gasteiger partial charge in [0.2, 0.25) is 0 Å². The lowest BCUT2D eigenvalue weighted by Crippen LogP contribution is -2.70. The third kappa shape index (κ3) is 7.47. The van der Waals surface area contributed by atoms with Gasteiger partial charge in [0.1, 0.15) is 5.82 Å². The number of hydrogen-bond acceptors (Lipinski definition) is 7. The Bertz CT molecular complexity index is 4560. The Morgan fingerprint density at radius 3 is 1.00 bits per heavy atom. The highest BCUT2D eigenvalue weighted by molar-refractivity contribution is 7.12. The van der Waals surface area contributed by atoms with Crippen molar-refractivity contribution in [3.05, 3.63) is 267 Å². The second kappa shape index (κ2) is 18.3. The van der Waals surface area contributed by atoms with Crippen LogP contribution in [0.1, 0.15) is 0 Å². The molecule has 0 amide bonds. The van der Waals surface area contributed by atoms with Gasteiger partial charge in [-0.15, -0.1) is 0 Å². The first-order valence-corrected chi connectivity index (χ1v) is 28.8. The van der Waals surface area contributed by atoms with E-state index < -0.39 is 8.24 Å². The Balaban J connectivity index is 0.919. The maximum atomic E-state index is 5.44. The standard InChI is InChI=1S/C71H44N8Si/c1-5-19-49-39-55(35-31-45(49)15-1)67-73-65(74-68(77-67)56-36-32-46-16-2-6-20-50(46)40-56)53-23-13-25-59(43-53)80(64-30-12-9-27-61(64)71-72-62-28-10-11-29-63(62)79(71)80)60-26-14-24-54(44-60)66-75-69(57-37-33-47-17-3-7-21-51(47)41-57)78-70(76-66)58-38-34-48-18-4-8-22-52(48)42-58/h1-44H. The van der Waals surface area contributed by atoms with Gasteiger partial charge >= 0.3 is 0 Å². The molecular formula is C71H44N8Si. The third-order valence-corrected chi connectivity index (χ3v) is 20.5. The van der Waals surface area contributed by atoms with Gasteiger partial charge in [-0.1, -0.05) is 218 Å². The van der Waals surface area contributed by atoms with Gasteiger partial charge < -0.3 is 4.23 Å². The monoisotopic (exact) mass is 1040 g/mol. The van der Waals surface area contributed by atoms with Gasteiger partial charge in [-0.05, 0) is 107 Å². The number of nitrogens with zero attached hydrogens (tertiary/aromatic N) is 8. The SMILES string of the molecule is c1cc(-c2nc(-c3ccc4ccccc4c3)nc(-c3ccc4ccccc4c3)n2)cc([Si]2(c3cccc(-c4nc(-c5ccc6ccccc6c5)nc(-c5ccc6ccccc6c5)n4)c3)c3ccccc3-c3nc4ccccc4n32)c1. The molecule has 0 N–H and O–H groups in total. The minimum absolute atomic E-state index is 0.584. The lowest BCUT2D eigenvalue weighted by molar-refractivity contribution is 1.08. The van der Waals surface area contributed by atoms with Crippen LogP contribution in [-0.2, 0) is 0 Å². The molecule has 1 aliphatic rings. The highest BCUT2D eigenvalue weighted by atomic mass is 28.3. The summed E-state index contributed by atoms with van der Waals surface area (Å²) in [6, 6.07) is 94.5. The van der Waals surface area contributed by atoms with Crippen molar-refractivity contribution < 1.29 is 0 Å². The van der Waals surface area contributed by atoms with Gasteiger partial charge in [0.25, 0.3) is 8.24 Å². The van der Waals surface area contributed by atoms with Crippen LogP contribution in [0, 0.1) is 0 Å². The maximum absolute atomic E-state index is 5.44. The normalized spacial score (nSPS) is 12.6. The molecule has 0 spiro atoms. The first kappa shape index (κ1) is 45.6. The number of benzene rings is 12. The molecule has 0 saturated heterocycles. The Labute approximate surface area is 461 Å². The van der Waals surface area contributed by atoms with Crippen molar-refractivity contribution in [3.8, 4) is 79.7 Å². The lowest BCUT2D eigenvalue weighted by Gasteiger charge is -2.32. The molecule has 0 unspecified atom stereocenters. The summed E-state index contributed by atoms with van der Waals surface area (Å²) in [6.07, 6.45) is 0. The second-order valence-electron chi connectivity index (χ2n) is 20.5. The molecule has 15 aromatic rings. The number of fused-ring (bicyclic) bond motifs is 9. The van der Waals surface area contributed by atoms with E-state index >= 15 is 0 Å². The van der Waals surface area contributed by atoms with E-state index in [0.717, 1.165) is 109 Å². The minimum Gasteiger partial charge on any atom is -0.339 e. The Kier molecular flexibility index (Phi) is 10.4. The summed E-state index contributed by atoms with van der Waals surface area (Å²) in [5.41, 5.74) is 8.54. The van der Waals surface area contributed by atoms with E-state index in [4.69, 9.17) is 34.9 Å². The van der Waals surface area contributed by atoms with Crippen molar-refractivity contribution >= 4 is 77.9 Å². The zero-order valence-electron chi connectivity index (χ0n) is 43.0. The van der Waals surface area contributed by atoms with Crippen LogP contribution in [0.15, 0.2) is 267 Å². The molecule has 0 radical (unpaired) electrons. The van der Waals surface area contributed by atoms with Crippen molar-refractivity contribution in [2.24, 2.45) is 0 Å². The summed E-state index contributed by atoms with van der Waals surface area (Å²) in [5.74, 6) is 4.52. The number of rotatable bonds is 8. The average molecular weight is 1040 g/mol. The maximum Gasteiger partial charge on any atom is 0.259 e. The van der Waals surface area contributed by atoms with E-state index in [1.54, 1.807) is 0 Å². The molecule has 0 fully saturated rings. The zero-order chi connectivity index (χ0) is 52.7. The fraction of sp³-hybridized carbons (Fsp3) is 0. The number of aromatic nitrogens is 8. The molecule has 3 aromatic heterocycles. The lowest BCUT2D eigenvalue weighted by atomic mass is 10.1. The molecule has 0 aliphatic carbocycles. The van der Waals surface area contributed by atoms with E-state index in [1.165, 1.54) is 5.19 Å². The van der Waals surface area contributed by atoms with Gasteiger partial charge in [-0.2, -0.15) is 0 Å². The number of imidazole rings is 1. The topological polar surface area (TPSA) is 95.2 Å². The molecule has 0 atom stereocenters. The summed E-state index contributed by atoms with van der Waals surface area (Å²) in [5, 5.41) is 12.6. The van der Waals surface area contributed by atoms with Crippen LogP contribution >= 0.6 is 0 Å². The smallest absolute Gasteiger partial charge is 0.259 e. The van der Waals surface area contributed by atoms with Gasteiger partial charge in [0, 0.05) is 38.9 Å². The fourth-order valence-electron chi connectivity index (χ4n) is 12.0. The Hall–Kier alpha value is -10.6. The molecule has 80 heavy (non-hydrogen) atoms. The molecule has 9 heteroatoms. The van der Waals surface area contributed by atoms with Crippen molar-refractivity contribution in [1.29, 1.82) is 0 Å². The summed E-state index contributed by atoms with van der Waals surface area (Å²) in [4.78, 5) is 37.4. The van der Waals surface area contributed by atoms with Crippen LogP contribution in [0.5, 0.6) is 0 Å². The molecule has 16 rings (SSSR count). The van der Waals surface area contributed by atoms with Crippen molar-refractivity contribution in [2.75, 3.05) is 0 Å². The Morgan fingerprint density at radius 2 is 0.588 bits per heavy atom. The van der Waals surface area contributed by atoms with Crippen LogP contribution < -0.4 is 15.6 Å². The molecule has 1 aliphatic heterocycles.